The minimum atomic E-state index is -0.459. The average molecular weight is 408 g/mol. The smallest absolute Gasteiger partial charge is 0.410 e. The molecule has 0 radical (unpaired) electrons. The van der Waals surface area contributed by atoms with Crippen LogP contribution in [0.25, 0.3) is 22.4 Å². The first-order valence-corrected chi connectivity index (χ1v) is 10.5. The highest BCUT2D eigenvalue weighted by Gasteiger charge is 2.27. The van der Waals surface area contributed by atoms with E-state index in [4.69, 9.17) is 9.47 Å². The van der Waals surface area contributed by atoms with Gasteiger partial charge in [-0.15, -0.1) is 0 Å². The maximum Gasteiger partial charge on any atom is 0.410 e. The Balaban J connectivity index is 1.27. The van der Waals surface area contributed by atoms with Crippen molar-refractivity contribution in [3.8, 4) is 11.4 Å². The molecular weight excluding hydrogens is 378 g/mol. The Kier molecular flexibility index (Phi) is 5.77. The Labute approximate surface area is 177 Å². The van der Waals surface area contributed by atoms with Crippen LogP contribution in [0, 0.1) is 0 Å². The van der Waals surface area contributed by atoms with Crippen LogP contribution >= 0.6 is 0 Å². The largest absolute Gasteiger partial charge is 0.444 e. The average Bonchev–Trinajstić information content (AvgIpc) is 3.16. The van der Waals surface area contributed by atoms with Crippen molar-refractivity contribution in [1.29, 1.82) is 0 Å². The lowest BCUT2D eigenvalue weighted by Gasteiger charge is -2.33. The Morgan fingerprint density at radius 1 is 1.10 bits per heavy atom. The number of piperidine rings is 1. The number of carbonyl (C=O) groups excluding carboxylic acids is 1. The van der Waals surface area contributed by atoms with Crippen LogP contribution in [0.3, 0.4) is 0 Å². The maximum atomic E-state index is 12.2. The van der Waals surface area contributed by atoms with Gasteiger partial charge in [-0.2, -0.15) is 0 Å². The van der Waals surface area contributed by atoms with Gasteiger partial charge < -0.3 is 19.4 Å². The molecular formula is C24H29N3O3. The molecule has 30 heavy (non-hydrogen) atoms. The molecule has 0 saturated carbocycles. The fourth-order valence-corrected chi connectivity index (χ4v) is 3.59. The van der Waals surface area contributed by atoms with E-state index >= 15 is 0 Å². The van der Waals surface area contributed by atoms with Crippen LogP contribution in [0.15, 0.2) is 48.5 Å². The van der Waals surface area contributed by atoms with Crippen LogP contribution in [-0.4, -0.2) is 45.8 Å². The van der Waals surface area contributed by atoms with Gasteiger partial charge in [0, 0.05) is 18.7 Å². The molecule has 6 nitrogen and oxygen atoms in total. The standard InChI is InChI=1S/C24H29N3O3/c1-24(2,3)30-23(28)27-14-12-19(13-15-27)29-16-17-8-10-18(11-9-17)22-25-20-6-4-5-7-21(20)26-22/h4-11,19H,12-16H2,1-3H3,(H,25,26). The molecule has 0 atom stereocenters. The number of ether oxygens (including phenoxy) is 2. The van der Waals surface area contributed by atoms with Crippen molar-refractivity contribution in [2.45, 2.75) is 51.9 Å². The first-order valence-electron chi connectivity index (χ1n) is 10.5. The van der Waals surface area contributed by atoms with Crippen molar-refractivity contribution in [3.05, 3.63) is 54.1 Å². The molecule has 2 heterocycles. The van der Waals surface area contributed by atoms with Gasteiger partial charge in [0.25, 0.3) is 0 Å². The summed E-state index contributed by atoms with van der Waals surface area (Å²) in [6.07, 6.45) is 1.59. The fourth-order valence-electron chi connectivity index (χ4n) is 3.59. The van der Waals surface area contributed by atoms with E-state index in [-0.39, 0.29) is 12.2 Å². The number of nitrogens with one attached hydrogen (secondary N) is 1. The van der Waals surface area contributed by atoms with Crippen LogP contribution in [0.4, 0.5) is 4.79 Å². The Hall–Kier alpha value is -2.86. The monoisotopic (exact) mass is 407 g/mol. The molecule has 0 spiro atoms. The van der Waals surface area contributed by atoms with Crippen molar-refractivity contribution in [2.24, 2.45) is 0 Å². The molecule has 1 saturated heterocycles. The molecule has 6 heteroatoms. The molecule has 0 bridgehead atoms. The van der Waals surface area contributed by atoms with Crippen molar-refractivity contribution in [2.75, 3.05) is 13.1 Å². The van der Waals surface area contributed by atoms with Gasteiger partial charge in [0.1, 0.15) is 11.4 Å². The zero-order chi connectivity index (χ0) is 21.1. The second kappa shape index (κ2) is 8.48. The second-order valence-electron chi connectivity index (χ2n) is 8.78. The number of para-hydroxylation sites is 2. The lowest BCUT2D eigenvalue weighted by molar-refractivity contribution is -0.0170. The van der Waals surface area contributed by atoms with Crippen LogP contribution in [0.1, 0.15) is 39.2 Å². The van der Waals surface area contributed by atoms with Crippen LogP contribution in [0.5, 0.6) is 0 Å². The van der Waals surface area contributed by atoms with Gasteiger partial charge >= 0.3 is 6.09 Å². The number of amides is 1. The Morgan fingerprint density at radius 3 is 2.47 bits per heavy atom. The predicted molar refractivity (Wildman–Crippen MR) is 117 cm³/mol. The highest BCUT2D eigenvalue weighted by Crippen LogP contribution is 2.22. The number of likely N-dealkylation sites (tertiary alicyclic amines) is 1. The summed E-state index contributed by atoms with van der Waals surface area (Å²) in [5.41, 5.74) is 3.74. The number of hydrogen-bond acceptors (Lipinski definition) is 4. The topological polar surface area (TPSA) is 67.4 Å². The molecule has 2 aromatic carbocycles. The summed E-state index contributed by atoms with van der Waals surface area (Å²) in [5.74, 6) is 0.873. The first-order chi connectivity index (χ1) is 14.4. The van der Waals surface area contributed by atoms with Gasteiger partial charge in [0.05, 0.1) is 23.7 Å². The molecule has 1 aliphatic rings. The number of imidazole rings is 1. The van der Waals surface area contributed by atoms with Gasteiger partial charge in [-0.1, -0.05) is 36.4 Å². The zero-order valence-corrected chi connectivity index (χ0v) is 17.9. The summed E-state index contributed by atoms with van der Waals surface area (Å²) in [7, 11) is 0. The minimum absolute atomic E-state index is 0.165. The van der Waals surface area contributed by atoms with Gasteiger partial charge in [0.15, 0.2) is 0 Å². The normalized spacial score (nSPS) is 15.5. The van der Waals surface area contributed by atoms with Gasteiger partial charge in [-0.3, -0.25) is 0 Å². The second-order valence-corrected chi connectivity index (χ2v) is 8.78. The predicted octanol–water partition coefficient (Wildman–Crippen LogP) is 5.15. The van der Waals surface area contributed by atoms with E-state index in [0.717, 1.165) is 40.8 Å². The number of benzene rings is 2. The van der Waals surface area contributed by atoms with E-state index < -0.39 is 5.60 Å². The summed E-state index contributed by atoms with van der Waals surface area (Å²) in [6.45, 7) is 7.58. The molecule has 1 aromatic heterocycles. The summed E-state index contributed by atoms with van der Waals surface area (Å²) in [6, 6.07) is 16.3. The van der Waals surface area contributed by atoms with E-state index in [1.807, 2.05) is 45.0 Å². The number of carbonyl (C=O) groups is 1. The van der Waals surface area contributed by atoms with Gasteiger partial charge in [-0.25, -0.2) is 9.78 Å². The van der Waals surface area contributed by atoms with E-state index in [1.54, 1.807) is 4.90 Å². The van der Waals surface area contributed by atoms with Crippen molar-refractivity contribution < 1.29 is 14.3 Å². The number of aromatic amines is 1. The van der Waals surface area contributed by atoms with Gasteiger partial charge in [-0.05, 0) is 51.3 Å². The molecule has 158 valence electrons. The lowest BCUT2D eigenvalue weighted by atomic mass is 10.1. The number of H-pyrrole nitrogens is 1. The first kappa shape index (κ1) is 20.4. The number of fused-ring (bicyclic) bond motifs is 1. The van der Waals surface area contributed by atoms with Crippen LogP contribution in [0.2, 0.25) is 0 Å². The summed E-state index contributed by atoms with van der Waals surface area (Å²) >= 11 is 0. The molecule has 0 aliphatic carbocycles. The highest BCUT2D eigenvalue weighted by molar-refractivity contribution is 5.79. The number of aromatic nitrogens is 2. The number of rotatable bonds is 4. The third kappa shape index (κ3) is 5.00. The van der Waals surface area contributed by atoms with E-state index in [1.165, 1.54) is 0 Å². The third-order valence-electron chi connectivity index (χ3n) is 5.20. The van der Waals surface area contributed by atoms with Crippen molar-refractivity contribution >= 4 is 17.1 Å². The molecule has 4 rings (SSSR count). The van der Waals surface area contributed by atoms with Crippen LogP contribution in [-0.2, 0) is 16.1 Å². The quantitative estimate of drug-likeness (QED) is 0.650. The highest BCUT2D eigenvalue weighted by atomic mass is 16.6. The lowest BCUT2D eigenvalue weighted by Crippen LogP contribution is -2.43. The molecule has 1 fully saturated rings. The van der Waals surface area contributed by atoms with Crippen molar-refractivity contribution in [1.82, 2.24) is 14.9 Å². The molecule has 0 unspecified atom stereocenters. The minimum Gasteiger partial charge on any atom is -0.444 e. The maximum absolute atomic E-state index is 12.2. The fraction of sp³-hybridized carbons (Fsp3) is 0.417. The third-order valence-corrected chi connectivity index (χ3v) is 5.20. The van der Waals surface area contributed by atoms with Gasteiger partial charge in [0.2, 0.25) is 0 Å². The summed E-state index contributed by atoms with van der Waals surface area (Å²) in [5, 5.41) is 0. The Morgan fingerprint density at radius 2 is 1.80 bits per heavy atom. The molecule has 1 N–H and O–H groups in total. The van der Waals surface area contributed by atoms with Crippen LogP contribution < -0.4 is 0 Å². The molecule has 3 aromatic rings. The summed E-state index contributed by atoms with van der Waals surface area (Å²) < 4.78 is 11.5. The molecule has 1 aliphatic heterocycles. The zero-order valence-electron chi connectivity index (χ0n) is 17.9. The van der Waals surface area contributed by atoms with E-state index in [9.17, 15) is 4.79 Å². The Bertz CT molecular complexity index is 963. The SMILES string of the molecule is CC(C)(C)OC(=O)N1CCC(OCc2ccc(-c3nc4ccccc4[nH]3)cc2)CC1. The molecule has 1 amide bonds. The van der Waals surface area contributed by atoms with E-state index in [2.05, 4.69) is 34.2 Å². The van der Waals surface area contributed by atoms with E-state index in [0.29, 0.717) is 19.7 Å². The number of nitrogens with zero attached hydrogens (tertiary/aromatic N) is 2. The van der Waals surface area contributed by atoms with Crippen molar-refractivity contribution in [3.63, 3.8) is 0 Å². The summed E-state index contributed by atoms with van der Waals surface area (Å²) in [4.78, 5) is 21.9. The number of hydrogen-bond donors (Lipinski definition) is 1.